The Bertz CT molecular complexity index is 431. The topological polar surface area (TPSA) is 38.5 Å². The van der Waals surface area contributed by atoms with Crippen molar-refractivity contribution < 1.29 is 4.74 Å². The first-order chi connectivity index (χ1) is 9.65. The lowest BCUT2D eigenvalue weighted by Gasteiger charge is -2.38. The minimum absolute atomic E-state index is 0.275. The van der Waals surface area contributed by atoms with E-state index in [2.05, 4.69) is 43.9 Å². The van der Waals surface area contributed by atoms with E-state index >= 15 is 0 Å². The van der Waals surface area contributed by atoms with E-state index < -0.39 is 0 Å². The molecule has 112 valence electrons. The Labute approximate surface area is 123 Å². The summed E-state index contributed by atoms with van der Waals surface area (Å²) < 4.78 is 6.18. The lowest BCUT2D eigenvalue weighted by atomic mass is 10.0. The van der Waals surface area contributed by atoms with Gasteiger partial charge >= 0.3 is 0 Å². The Morgan fingerprint density at radius 2 is 2.15 bits per heavy atom. The molecule has 0 amide bonds. The highest BCUT2D eigenvalue weighted by atomic mass is 16.5. The summed E-state index contributed by atoms with van der Waals surface area (Å²) >= 11 is 0. The maximum atomic E-state index is 6.18. The predicted molar refractivity (Wildman–Crippen MR) is 85.3 cm³/mol. The molecule has 1 aliphatic heterocycles. The zero-order valence-electron chi connectivity index (χ0n) is 13.1. The summed E-state index contributed by atoms with van der Waals surface area (Å²) in [5.41, 5.74) is 8.11. The zero-order chi connectivity index (χ0) is 14.5. The molecular weight excluding hydrogens is 248 g/mol. The molecule has 1 aliphatic rings. The average molecular weight is 276 g/mol. The normalized spacial score (nSPS) is 18.1. The first-order valence-corrected chi connectivity index (χ1v) is 7.90. The highest BCUT2D eigenvalue weighted by Crippen LogP contribution is 2.36. The number of nitrogens with zero attached hydrogens (tertiary/aromatic N) is 1. The summed E-state index contributed by atoms with van der Waals surface area (Å²) in [6.45, 7) is 9.39. The predicted octanol–water partition coefficient (Wildman–Crippen LogP) is 3.56. The molecule has 20 heavy (non-hydrogen) atoms. The van der Waals surface area contributed by atoms with Gasteiger partial charge in [0.1, 0.15) is 11.9 Å². The first kappa shape index (κ1) is 15.2. The SMILES string of the molecule is CCCCCN1CC(C(C)C)Oc2cc(CN)ccc21. The lowest BCUT2D eigenvalue weighted by molar-refractivity contribution is 0.145. The van der Waals surface area contributed by atoms with Crippen LogP contribution >= 0.6 is 0 Å². The highest BCUT2D eigenvalue weighted by molar-refractivity contribution is 5.61. The second kappa shape index (κ2) is 6.98. The van der Waals surface area contributed by atoms with Crippen molar-refractivity contribution in [3.8, 4) is 5.75 Å². The van der Waals surface area contributed by atoms with E-state index in [0.29, 0.717) is 12.5 Å². The number of unbranched alkanes of at least 4 members (excludes halogenated alkanes) is 2. The van der Waals surface area contributed by atoms with Crippen molar-refractivity contribution in [2.75, 3.05) is 18.0 Å². The van der Waals surface area contributed by atoms with Crippen LogP contribution in [0.4, 0.5) is 5.69 Å². The maximum absolute atomic E-state index is 6.18. The van der Waals surface area contributed by atoms with E-state index in [-0.39, 0.29) is 6.10 Å². The van der Waals surface area contributed by atoms with Gasteiger partial charge in [-0.1, -0.05) is 39.7 Å². The van der Waals surface area contributed by atoms with Gasteiger partial charge in [-0.3, -0.25) is 0 Å². The van der Waals surface area contributed by atoms with Crippen LogP contribution in [0.15, 0.2) is 18.2 Å². The number of hydrogen-bond donors (Lipinski definition) is 1. The van der Waals surface area contributed by atoms with Crippen LogP contribution in [0, 0.1) is 5.92 Å². The Kier molecular flexibility index (Phi) is 5.30. The minimum atomic E-state index is 0.275. The fraction of sp³-hybridized carbons (Fsp3) is 0.647. The number of benzene rings is 1. The Morgan fingerprint density at radius 1 is 1.35 bits per heavy atom. The van der Waals surface area contributed by atoms with Crippen LogP contribution in [-0.4, -0.2) is 19.2 Å². The molecule has 1 heterocycles. The fourth-order valence-electron chi connectivity index (χ4n) is 2.67. The molecule has 2 rings (SSSR count). The van der Waals surface area contributed by atoms with Crippen LogP contribution < -0.4 is 15.4 Å². The molecule has 1 unspecified atom stereocenters. The van der Waals surface area contributed by atoms with Crippen molar-refractivity contribution >= 4 is 5.69 Å². The van der Waals surface area contributed by atoms with Crippen LogP contribution in [0.25, 0.3) is 0 Å². The number of nitrogens with two attached hydrogens (primary N) is 1. The largest absolute Gasteiger partial charge is 0.486 e. The van der Waals surface area contributed by atoms with Crippen LogP contribution in [0.1, 0.15) is 45.6 Å². The van der Waals surface area contributed by atoms with Crippen molar-refractivity contribution in [3.05, 3.63) is 23.8 Å². The number of ether oxygens (including phenoxy) is 1. The summed E-state index contributed by atoms with van der Waals surface area (Å²) in [5, 5.41) is 0. The molecule has 1 atom stereocenters. The molecule has 0 aromatic heterocycles. The molecule has 0 aliphatic carbocycles. The molecule has 3 heteroatoms. The summed E-state index contributed by atoms with van der Waals surface area (Å²) in [6.07, 6.45) is 4.08. The van der Waals surface area contributed by atoms with Gasteiger partial charge in [-0.15, -0.1) is 0 Å². The van der Waals surface area contributed by atoms with E-state index in [9.17, 15) is 0 Å². The van der Waals surface area contributed by atoms with Gasteiger partial charge in [-0.05, 0) is 30.0 Å². The molecule has 0 bridgehead atoms. The van der Waals surface area contributed by atoms with Gasteiger partial charge < -0.3 is 15.4 Å². The zero-order valence-corrected chi connectivity index (χ0v) is 13.1. The third kappa shape index (κ3) is 3.45. The Hall–Kier alpha value is -1.22. The summed E-state index contributed by atoms with van der Waals surface area (Å²) in [4.78, 5) is 2.49. The van der Waals surface area contributed by atoms with Gasteiger partial charge in [-0.25, -0.2) is 0 Å². The van der Waals surface area contributed by atoms with E-state index in [1.54, 1.807) is 0 Å². The van der Waals surface area contributed by atoms with Gasteiger partial charge in [0.05, 0.1) is 12.2 Å². The Morgan fingerprint density at radius 3 is 2.80 bits per heavy atom. The third-order valence-electron chi connectivity index (χ3n) is 4.05. The van der Waals surface area contributed by atoms with Crippen molar-refractivity contribution in [1.82, 2.24) is 0 Å². The van der Waals surface area contributed by atoms with Crippen molar-refractivity contribution in [2.24, 2.45) is 11.7 Å². The summed E-state index contributed by atoms with van der Waals surface area (Å²) in [6, 6.07) is 6.39. The number of anilines is 1. The number of hydrogen-bond acceptors (Lipinski definition) is 3. The molecule has 1 aromatic rings. The monoisotopic (exact) mass is 276 g/mol. The van der Waals surface area contributed by atoms with Crippen LogP contribution in [0.2, 0.25) is 0 Å². The molecule has 0 spiro atoms. The minimum Gasteiger partial charge on any atom is -0.486 e. The number of rotatable bonds is 6. The highest BCUT2D eigenvalue weighted by Gasteiger charge is 2.27. The van der Waals surface area contributed by atoms with E-state index in [1.807, 2.05) is 0 Å². The maximum Gasteiger partial charge on any atom is 0.143 e. The molecule has 0 saturated carbocycles. The van der Waals surface area contributed by atoms with Gasteiger partial charge in [0, 0.05) is 13.1 Å². The van der Waals surface area contributed by atoms with Crippen molar-refractivity contribution in [2.45, 2.75) is 52.7 Å². The average Bonchev–Trinajstić information content (AvgIpc) is 2.46. The second-order valence-electron chi connectivity index (χ2n) is 6.06. The van der Waals surface area contributed by atoms with Gasteiger partial charge in [0.25, 0.3) is 0 Å². The second-order valence-corrected chi connectivity index (χ2v) is 6.06. The van der Waals surface area contributed by atoms with Crippen LogP contribution in [0.3, 0.4) is 0 Å². The quantitative estimate of drug-likeness (QED) is 0.807. The summed E-state index contributed by atoms with van der Waals surface area (Å²) in [7, 11) is 0. The third-order valence-corrected chi connectivity index (χ3v) is 4.05. The molecule has 0 radical (unpaired) electrons. The van der Waals surface area contributed by atoms with Gasteiger partial charge in [0.15, 0.2) is 0 Å². The molecule has 1 aromatic carbocycles. The molecule has 3 nitrogen and oxygen atoms in total. The van der Waals surface area contributed by atoms with Gasteiger partial charge in [-0.2, -0.15) is 0 Å². The van der Waals surface area contributed by atoms with Crippen LogP contribution in [0.5, 0.6) is 5.75 Å². The Balaban J connectivity index is 2.19. The van der Waals surface area contributed by atoms with Gasteiger partial charge in [0.2, 0.25) is 0 Å². The summed E-state index contributed by atoms with van der Waals surface area (Å²) in [5.74, 6) is 1.53. The number of fused-ring (bicyclic) bond motifs is 1. The molecule has 0 fully saturated rings. The van der Waals surface area contributed by atoms with E-state index in [1.165, 1.54) is 24.9 Å². The van der Waals surface area contributed by atoms with Crippen molar-refractivity contribution in [3.63, 3.8) is 0 Å². The lowest BCUT2D eigenvalue weighted by Crippen LogP contribution is -2.43. The fourth-order valence-corrected chi connectivity index (χ4v) is 2.67. The standard InChI is InChI=1S/C17H28N2O/c1-4-5-6-9-19-12-17(13(2)3)20-16-10-14(11-18)7-8-15(16)19/h7-8,10,13,17H,4-6,9,11-12,18H2,1-3H3. The van der Waals surface area contributed by atoms with E-state index in [4.69, 9.17) is 10.5 Å². The van der Waals surface area contributed by atoms with Crippen molar-refractivity contribution in [1.29, 1.82) is 0 Å². The first-order valence-electron chi connectivity index (χ1n) is 7.90. The molecule has 0 saturated heterocycles. The van der Waals surface area contributed by atoms with Crippen LogP contribution in [-0.2, 0) is 6.54 Å². The van der Waals surface area contributed by atoms with E-state index in [0.717, 1.165) is 24.4 Å². The molecule has 2 N–H and O–H groups in total. The molecular formula is C17H28N2O. The smallest absolute Gasteiger partial charge is 0.143 e.